The van der Waals surface area contributed by atoms with Crippen LogP contribution in [0.4, 0.5) is 0 Å². The minimum absolute atomic E-state index is 0.357. The number of benzene rings is 2. The second-order valence-corrected chi connectivity index (χ2v) is 5.67. The molecule has 0 radical (unpaired) electrons. The molecule has 3 nitrogen and oxygen atoms in total. The van der Waals surface area contributed by atoms with Gasteiger partial charge in [-0.3, -0.25) is 0 Å². The van der Waals surface area contributed by atoms with E-state index in [2.05, 4.69) is 20.9 Å². The van der Waals surface area contributed by atoms with Gasteiger partial charge >= 0.3 is 0 Å². The zero-order valence-electron chi connectivity index (χ0n) is 11.0. The van der Waals surface area contributed by atoms with Crippen LogP contribution in [0.1, 0.15) is 23.1 Å². The van der Waals surface area contributed by atoms with Gasteiger partial charge in [0.25, 0.3) is 0 Å². The lowest BCUT2D eigenvalue weighted by Crippen LogP contribution is -2.03. The molecule has 1 aromatic heterocycles. The molecule has 4 heteroatoms. The summed E-state index contributed by atoms with van der Waals surface area (Å²) >= 11 is 3.48. The summed E-state index contributed by atoms with van der Waals surface area (Å²) in [6.45, 7) is 2.02. The predicted octanol–water partition coefficient (Wildman–Crippen LogP) is 4.17. The molecule has 0 saturated carbocycles. The SMILES string of the molecule is Cc1ccc(C(O)Cc2nc3ccccc3o2)c(Br)c1. The highest BCUT2D eigenvalue weighted by Gasteiger charge is 2.15. The summed E-state index contributed by atoms with van der Waals surface area (Å²) in [5, 5.41) is 10.3. The van der Waals surface area contributed by atoms with Gasteiger partial charge in [-0.2, -0.15) is 0 Å². The minimum atomic E-state index is -0.641. The Hall–Kier alpha value is -1.65. The van der Waals surface area contributed by atoms with Crippen LogP contribution in [-0.4, -0.2) is 10.1 Å². The van der Waals surface area contributed by atoms with Gasteiger partial charge in [0, 0.05) is 4.47 Å². The number of fused-ring (bicyclic) bond motifs is 1. The topological polar surface area (TPSA) is 46.3 Å². The Morgan fingerprint density at radius 1 is 1.25 bits per heavy atom. The van der Waals surface area contributed by atoms with E-state index in [4.69, 9.17) is 4.42 Å². The molecule has 0 bridgehead atoms. The third-order valence-corrected chi connectivity index (χ3v) is 3.91. The highest BCUT2D eigenvalue weighted by molar-refractivity contribution is 9.10. The summed E-state index contributed by atoms with van der Waals surface area (Å²) in [4.78, 5) is 4.38. The number of halogens is 1. The fraction of sp³-hybridized carbons (Fsp3) is 0.188. The Bertz CT molecular complexity index is 718. The van der Waals surface area contributed by atoms with E-state index in [1.54, 1.807) is 0 Å². The first-order chi connectivity index (χ1) is 9.63. The number of oxazole rings is 1. The molecule has 0 saturated heterocycles. The monoisotopic (exact) mass is 331 g/mol. The number of aliphatic hydroxyl groups excluding tert-OH is 1. The molecule has 3 aromatic rings. The molecule has 3 rings (SSSR count). The van der Waals surface area contributed by atoms with E-state index in [-0.39, 0.29) is 0 Å². The van der Waals surface area contributed by atoms with Gasteiger partial charge < -0.3 is 9.52 Å². The van der Waals surface area contributed by atoms with Crippen molar-refractivity contribution in [3.8, 4) is 0 Å². The van der Waals surface area contributed by atoms with Crippen molar-refractivity contribution in [1.29, 1.82) is 0 Å². The average molecular weight is 332 g/mol. The Morgan fingerprint density at radius 2 is 2.05 bits per heavy atom. The maximum atomic E-state index is 10.3. The Kier molecular flexibility index (Phi) is 3.59. The van der Waals surface area contributed by atoms with Crippen LogP contribution < -0.4 is 0 Å². The van der Waals surface area contributed by atoms with E-state index in [0.29, 0.717) is 12.3 Å². The summed E-state index contributed by atoms with van der Waals surface area (Å²) in [6.07, 6.45) is -0.283. The molecule has 0 aliphatic rings. The van der Waals surface area contributed by atoms with E-state index in [9.17, 15) is 5.11 Å². The van der Waals surface area contributed by atoms with Gasteiger partial charge in [-0.25, -0.2) is 4.98 Å². The van der Waals surface area contributed by atoms with Gasteiger partial charge in [0.15, 0.2) is 11.5 Å². The van der Waals surface area contributed by atoms with Gasteiger partial charge in [-0.15, -0.1) is 0 Å². The summed E-state index contributed by atoms with van der Waals surface area (Å²) in [5.74, 6) is 0.547. The molecule has 0 fully saturated rings. The first-order valence-electron chi connectivity index (χ1n) is 6.42. The van der Waals surface area contributed by atoms with E-state index in [1.807, 2.05) is 49.4 Å². The van der Waals surface area contributed by atoms with Crippen molar-refractivity contribution in [3.05, 3.63) is 64.0 Å². The van der Waals surface area contributed by atoms with Crippen molar-refractivity contribution in [2.24, 2.45) is 0 Å². The van der Waals surface area contributed by atoms with Gasteiger partial charge in [0.2, 0.25) is 0 Å². The lowest BCUT2D eigenvalue weighted by molar-refractivity contribution is 0.168. The fourth-order valence-corrected chi connectivity index (χ4v) is 2.94. The smallest absolute Gasteiger partial charge is 0.198 e. The van der Waals surface area contributed by atoms with E-state index in [0.717, 1.165) is 26.7 Å². The molecule has 1 atom stereocenters. The number of nitrogens with zero attached hydrogens (tertiary/aromatic N) is 1. The second-order valence-electron chi connectivity index (χ2n) is 4.82. The molecular formula is C16H14BrNO2. The number of rotatable bonds is 3. The largest absolute Gasteiger partial charge is 0.441 e. The van der Waals surface area contributed by atoms with Crippen LogP contribution >= 0.6 is 15.9 Å². The molecule has 1 unspecified atom stereocenters. The van der Waals surface area contributed by atoms with E-state index >= 15 is 0 Å². The lowest BCUT2D eigenvalue weighted by atomic mass is 10.1. The second kappa shape index (κ2) is 5.38. The number of aromatic nitrogens is 1. The van der Waals surface area contributed by atoms with Crippen LogP contribution in [0.5, 0.6) is 0 Å². The molecule has 20 heavy (non-hydrogen) atoms. The van der Waals surface area contributed by atoms with Gasteiger partial charge in [0.1, 0.15) is 5.52 Å². The van der Waals surface area contributed by atoms with Crippen molar-refractivity contribution in [3.63, 3.8) is 0 Å². The lowest BCUT2D eigenvalue weighted by Gasteiger charge is -2.11. The number of para-hydroxylation sites is 2. The molecule has 0 amide bonds. The molecular weight excluding hydrogens is 318 g/mol. The molecule has 2 aromatic carbocycles. The van der Waals surface area contributed by atoms with Crippen molar-refractivity contribution in [2.75, 3.05) is 0 Å². The molecule has 1 N–H and O–H groups in total. The molecule has 1 heterocycles. The maximum Gasteiger partial charge on any atom is 0.198 e. The Labute approximate surface area is 125 Å². The Balaban J connectivity index is 1.86. The number of aliphatic hydroxyl groups is 1. The molecule has 0 aliphatic heterocycles. The van der Waals surface area contributed by atoms with Crippen LogP contribution in [-0.2, 0) is 6.42 Å². The van der Waals surface area contributed by atoms with Crippen molar-refractivity contribution >= 4 is 27.0 Å². The third kappa shape index (κ3) is 2.62. The van der Waals surface area contributed by atoms with Crippen molar-refractivity contribution in [1.82, 2.24) is 4.98 Å². The van der Waals surface area contributed by atoms with Crippen LogP contribution in [0.15, 0.2) is 51.4 Å². The summed E-state index contributed by atoms with van der Waals surface area (Å²) in [5.41, 5.74) is 3.56. The van der Waals surface area contributed by atoms with Crippen LogP contribution in [0.2, 0.25) is 0 Å². The first kappa shape index (κ1) is 13.3. The number of hydrogen-bond donors (Lipinski definition) is 1. The standard InChI is InChI=1S/C16H14BrNO2/c1-10-6-7-11(12(17)8-10)14(19)9-16-18-13-4-2-3-5-15(13)20-16/h2-8,14,19H,9H2,1H3. The van der Waals surface area contributed by atoms with Crippen LogP contribution in [0.3, 0.4) is 0 Å². The highest BCUT2D eigenvalue weighted by Crippen LogP contribution is 2.27. The zero-order chi connectivity index (χ0) is 14.1. The maximum absolute atomic E-state index is 10.3. The van der Waals surface area contributed by atoms with E-state index < -0.39 is 6.10 Å². The minimum Gasteiger partial charge on any atom is -0.441 e. The van der Waals surface area contributed by atoms with Crippen molar-refractivity contribution in [2.45, 2.75) is 19.4 Å². The van der Waals surface area contributed by atoms with Crippen LogP contribution in [0.25, 0.3) is 11.1 Å². The van der Waals surface area contributed by atoms with Gasteiger partial charge in [0.05, 0.1) is 12.5 Å². The predicted molar refractivity (Wildman–Crippen MR) is 81.6 cm³/mol. The van der Waals surface area contributed by atoms with Gasteiger partial charge in [-0.1, -0.05) is 40.2 Å². The van der Waals surface area contributed by atoms with Crippen LogP contribution in [0, 0.1) is 6.92 Å². The summed E-state index contributed by atoms with van der Waals surface area (Å²) in [6, 6.07) is 13.5. The number of aryl methyl sites for hydroxylation is 1. The average Bonchev–Trinajstić information content (AvgIpc) is 2.80. The van der Waals surface area contributed by atoms with E-state index in [1.165, 1.54) is 0 Å². The van der Waals surface area contributed by atoms with Crippen molar-refractivity contribution < 1.29 is 9.52 Å². The normalized spacial score (nSPS) is 12.8. The molecule has 102 valence electrons. The molecule has 0 aliphatic carbocycles. The third-order valence-electron chi connectivity index (χ3n) is 3.22. The number of hydrogen-bond acceptors (Lipinski definition) is 3. The van der Waals surface area contributed by atoms with Gasteiger partial charge in [-0.05, 0) is 36.2 Å². The zero-order valence-corrected chi connectivity index (χ0v) is 12.6. The Morgan fingerprint density at radius 3 is 2.80 bits per heavy atom. The quantitative estimate of drug-likeness (QED) is 0.783. The summed E-state index contributed by atoms with van der Waals surface area (Å²) < 4.78 is 6.54. The summed E-state index contributed by atoms with van der Waals surface area (Å²) in [7, 11) is 0. The molecule has 0 spiro atoms. The first-order valence-corrected chi connectivity index (χ1v) is 7.21. The fourth-order valence-electron chi connectivity index (χ4n) is 2.19. The highest BCUT2D eigenvalue weighted by atomic mass is 79.9.